The number of methoxy groups -OCH3 is 1. The lowest BCUT2D eigenvalue weighted by Gasteiger charge is -2.20. The van der Waals surface area contributed by atoms with Crippen LogP contribution in [0.5, 0.6) is 0 Å². The zero-order chi connectivity index (χ0) is 27.3. The first-order valence-electron chi connectivity index (χ1n) is 11.9. The van der Waals surface area contributed by atoms with Crippen LogP contribution in [0.4, 0.5) is 4.79 Å². The molecule has 0 aromatic heterocycles. The van der Waals surface area contributed by atoms with E-state index in [4.69, 9.17) is 18.5 Å². The molecule has 0 saturated heterocycles. The number of rotatable bonds is 10. The van der Waals surface area contributed by atoms with Crippen LogP contribution in [0.1, 0.15) is 32.7 Å². The standard InChI is InChI=1S/C28H29BrNO7P/c1-34-27(31)25(16-18-12-14-19(15-13-18)26(29)38(33,35-2)36-3)30-28(32)37-17-24-22-10-6-4-8-20(22)21-9-5-7-11-23(21)24/h4-15,24-26H,16-17H2,1-3H3,(H,30,32)/t25-,26?/m0/s1. The molecule has 0 spiro atoms. The van der Waals surface area contributed by atoms with Crippen LogP contribution in [0.3, 0.4) is 0 Å². The molecule has 1 aliphatic carbocycles. The monoisotopic (exact) mass is 601 g/mol. The van der Waals surface area contributed by atoms with Gasteiger partial charge >= 0.3 is 19.7 Å². The van der Waals surface area contributed by atoms with Crippen LogP contribution >= 0.6 is 23.5 Å². The minimum atomic E-state index is -3.36. The van der Waals surface area contributed by atoms with Gasteiger partial charge in [0.2, 0.25) is 0 Å². The molecular weight excluding hydrogens is 573 g/mol. The van der Waals surface area contributed by atoms with E-state index in [1.807, 2.05) is 36.4 Å². The molecule has 3 aromatic carbocycles. The number of fused-ring (bicyclic) bond motifs is 3. The molecule has 0 bridgehead atoms. The van der Waals surface area contributed by atoms with E-state index in [2.05, 4.69) is 33.4 Å². The van der Waals surface area contributed by atoms with Crippen molar-refractivity contribution in [3.05, 3.63) is 95.1 Å². The predicted molar refractivity (Wildman–Crippen MR) is 147 cm³/mol. The highest BCUT2D eigenvalue weighted by Gasteiger charge is 2.33. The highest BCUT2D eigenvalue weighted by molar-refractivity contribution is 9.10. The summed E-state index contributed by atoms with van der Waals surface area (Å²) in [6.07, 6.45) is -0.531. The average molecular weight is 602 g/mol. The number of nitrogens with one attached hydrogen (secondary N) is 1. The van der Waals surface area contributed by atoms with Gasteiger partial charge in [-0.1, -0.05) is 88.7 Å². The maximum absolute atomic E-state index is 12.8. The summed E-state index contributed by atoms with van der Waals surface area (Å²) < 4.78 is 32.6. The summed E-state index contributed by atoms with van der Waals surface area (Å²) in [5, 5.41) is 2.64. The lowest BCUT2D eigenvalue weighted by Crippen LogP contribution is -2.43. The van der Waals surface area contributed by atoms with E-state index in [1.165, 1.54) is 21.3 Å². The van der Waals surface area contributed by atoms with Crippen LogP contribution in [-0.2, 0) is 34.3 Å². The number of ether oxygens (including phenoxy) is 2. The topological polar surface area (TPSA) is 100 Å². The second-order valence-electron chi connectivity index (χ2n) is 8.73. The molecule has 0 heterocycles. The number of carbonyl (C=O) groups is 2. The summed E-state index contributed by atoms with van der Waals surface area (Å²) in [6.45, 7) is 0.133. The van der Waals surface area contributed by atoms with E-state index in [1.54, 1.807) is 24.3 Å². The van der Waals surface area contributed by atoms with E-state index < -0.39 is 30.3 Å². The SMILES string of the molecule is COC(=O)[C@H](Cc1ccc(C(Br)P(=O)(OC)OC)cc1)NC(=O)OCC1c2ccccc2-c2ccccc21. The lowest BCUT2D eigenvalue weighted by molar-refractivity contribution is -0.143. The van der Waals surface area contributed by atoms with E-state index in [0.29, 0.717) is 5.56 Å². The van der Waals surface area contributed by atoms with Crippen molar-refractivity contribution in [1.29, 1.82) is 0 Å². The van der Waals surface area contributed by atoms with Gasteiger partial charge in [-0.2, -0.15) is 0 Å². The Hall–Kier alpha value is -2.97. The minimum Gasteiger partial charge on any atom is -0.467 e. The Kier molecular flexibility index (Phi) is 9.05. The van der Waals surface area contributed by atoms with Gasteiger partial charge in [-0.05, 0) is 33.4 Å². The maximum Gasteiger partial charge on any atom is 0.407 e. The first-order chi connectivity index (χ1) is 18.3. The Morgan fingerprint density at radius 1 is 0.895 bits per heavy atom. The largest absolute Gasteiger partial charge is 0.467 e. The Balaban J connectivity index is 1.41. The molecule has 3 aromatic rings. The predicted octanol–water partition coefficient (Wildman–Crippen LogP) is 6.19. The maximum atomic E-state index is 12.8. The molecule has 0 saturated carbocycles. The fourth-order valence-electron chi connectivity index (χ4n) is 4.61. The van der Waals surface area contributed by atoms with Crippen molar-refractivity contribution in [2.24, 2.45) is 0 Å². The van der Waals surface area contributed by atoms with Crippen LogP contribution in [0, 0.1) is 0 Å². The van der Waals surface area contributed by atoms with E-state index in [-0.39, 0.29) is 18.9 Å². The number of amides is 1. The van der Waals surface area contributed by atoms with Crippen molar-refractivity contribution in [3.8, 4) is 11.1 Å². The molecule has 38 heavy (non-hydrogen) atoms. The second-order valence-corrected chi connectivity index (χ2v) is 12.7. The highest BCUT2D eigenvalue weighted by Crippen LogP contribution is 2.62. The van der Waals surface area contributed by atoms with Crippen molar-refractivity contribution < 1.29 is 32.7 Å². The van der Waals surface area contributed by atoms with Crippen molar-refractivity contribution in [3.63, 3.8) is 0 Å². The smallest absolute Gasteiger partial charge is 0.407 e. The fraction of sp³-hybridized carbons (Fsp3) is 0.286. The number of hydrogen-bond donors (Lipinski definition) is 1. The molecule has 8 nitrogen and oxygen atoms in total. The summed E-state index contributed by atoms with van der Waals surface area (Å²) in [5.74, 6) is -0.686. The molecule has 1 aliphatic rings. The number of alkyl carbamates (subject to hydrolysis) is 1. The van der Waals surface area contributed by atoms with Gasteiger partial charge in [0.05, 0.1) is 7.11 Å². The zero-order valence-electron chi connectivity index (χ0n) is 21.3. The zero-order valence-corrected chi connectivity index (χ0v) is 23.7. The summed E-state index contributed by atoms with van der Waals surface area (Å²) in [4.78, 5) is 25.2. The fourth-order valence-corrected chi connectivity index (χ4v) is 6.97. The third-order valence-corrected chi connectivity index (χ3v) is 10.5. The van der Waals surface area contributed by atoms with Crippen molar-refractivity contribution in [2.45, 2.75) is 22.9 Å². The third-order valence-electron chi connectivity index (χ3n) is 6.60. The molecule has 200 valence electrons. The molecule has 4 rings (SSSR count). The van der Waals surface area contributed by atoms with Crippen LogP contribution in [0.2, 0.25) is 0 Å². The number of hydrogen-bond acceptors (Lipinski definition) is 7. The Labute approximate surface area is 230 Å². The molecule has 1 N–H and O–H groups in total. The van der Waals surface area contributed by atoms with Gasteiger partial charge in [0.15, 0.2) is 0 Å². The highest BCUT2D eigenvalue weighted by atomic mass is 79.9. The van der Waals surface area contributed by atoms with E-state index in [0.717, 1.165) is 27.8 Å². The summed E-state index contributed by atoms with van der Waals surface area (Å²) in [5.41, 5.74) is 5.90. The first kappa shape index (κ1) is 28.0. The van der Waals surface area contributed by atoms with Crippen molar-refractivity contribution in [1.82, 2.24) is 5.32 Å². The third kappa shape index (κ3) is 5.86. The molecule has 1 amide bonds. The van der Waals surface area contributed by atoms with Crippen LogP contribution in [0.15, 0.2) is 72.8 Å². The summed E-state index contributed by atoms with van der Waals surface area (Å²) in [6, 6.07) is 22.2. The van der Waals surface area contributed by atoms with Gasteiger partial charge < -0.3 is 23.8 Å². The molecule has 10 heteroatoms. The second kappa shape index (κ2) is 12.3. The summed E-state index contributed by atoms with van der Waals surface area (Å²) in [7, 11) is 0.544. The molecule has 0 fully saturated rings. The Morgan fingerprint density at radius 2 is 1.45 bits per heavy atom. The van der Waals surface area contributed by atoms with Gasteiger partial charge in [0.1, 0.15) is 17.2 Å². The first-order valence-corrected chi connectivity index (χ1v) is 14.5. The normalized spacial score (nSPS) is 14.2. The van der Waals surface area contributed by atoms with Gasteiger partial charge in [0.25, 0.3) is 0 Å². The number of carbonyl (C=O) groups excluding carboxylic acids is 2. The number of benzene rings is 3. The molecule has 0 radical (unpaired) electrons. The Morgan fingerprint density at radius 3 is 1.97 bits per heavy atom. The molecular formula is C28H29BrNO7P. The minimum absolute atomic E-state index is 0.0929. The van der Waals surface area contributed by atoms with E-state index in [9.17, 15) is 14.2 Å². The number of halogens is 1. The molecule has 1 unspecified atom stereocenters. The van der Waals surface area contributed by atoms with Crippen molar-refractivity contribution in [2.75, 3.05) is 27.9 Å². The van der Waals surface area contributed by atoms with Crippen LogP contribution < -0.4 is 5.32 Å². The molecule has 0 aliphatic heterocycles. The van der Waals surface area contributed by atoms with Gasteiger partial charge in [0, 0.05) is 26.6 Å². The average Bonchev–Trinajstić information content (AvgIpc) is 3.28. The van der Waals surface area contributed by atoms with Crippen LogP contribution in [0.25, 0.3) is 11.1 Å². The Bertz CT molecular complexity index is 1290. The van der Waals surface area contributed by atoms with E-state index >= 15 is 0 Å². The summed E-state index contributed by atoms with van der Waals surface area (Å²) >= 11 is 3.38. The van der Waals surface area contributed by atoms with Crippen molar-refractivity contribution >= 4 is 35.6 Å². The number of esters is 1. The van der Waals surface area contributed by atoms with Gasteiger partial charge in [-0.15, -0.1) is 0 Å². The quantitative estimate of drug-likeness (QED) is 0.168. The van der Waals surface area contributed by atoms with Gasteiger partial charge in [-0.25, -0.2) is 9.59 Å². The molecule has 2 atom stereocenters. The lowest BCUT2D eigenvalue weighted by atomic mass is 9.98. The van der Waals surface area contributed by atoms with Crippen LogP contribution in [-0.4, -0.2) is 46.0 Å². The number of alkyl halides is 1. The van der Waals surface area contributed by atoms with Gasteiger partial charge in [-0.3, -0.25) is 4.57 Å².